The van der Waals surface area contributed by atoms with E-state index in [1.807, 2.05) is 32.9 Å². The van der Waals surface area contributed by atoms with Crippen LogP contribution in [0, 0.1) is 20.8 Å². The van der Waals surface area contributed by atoms with Crippen molar-refractivity contribution in [1.82, 2.24) is 9.78 Å². The largest absolute Gasteiger partial charge is 0.465 e. The molecule has 0 saturated carbocycles. The number of H-pyrrole nitrogens is 1. The van der Waals surface area contributed by atoms with Gasteiger partial charge in [0.05, 0.1) is 34.6 Å². The van der Waals surface area contributed by atoms with E-state index >= 15 is 0 Å². The number of methoxy groups -OCH3 is 1. The minimum Gasteiger partial charge on any atom is -0.465 e. The number of benzene rings is 2. The molecule has 0 aliphatic rings. The van der Waals surface area contributed by atoms with Gasteiger partial charge in [0.2, 0.25) is 0 Å². The molecule has 0 fully saturated rings. The number of ether oxygens (including phenoxy) is 1. The van der Waals surface area contributed by atoms with Crippen LogP contribution < -0.4 is 5.56 Å². The van der Waals surface area contributed by atoms with E-state index in [2.05, 4.69) is 26.0 Å². The van der Waals surface area contributed by atoms with Gasteiger partial charge in [0, 0.05) is 16.4 Å². The van der Waals surface area contributed by atoms with Crippen LogP contribution in [0.1, 0.15) is 32.7 Å². The average molecular weight is 477 g/mol. The third-order valence-corrected chi connectivity index (χ3v) is 5.94. The predicted molar refractivity (Wildman–Crippen MR) is 118 cm³/mol. The lowest BCUT2D eigenvalue weighted by Crippen LogP contribution is -2.18. The highest BCUT2D eigenvalue weighted by atomic mass is 79.9. The highest BCUT2D eigenvalue weighted by Crippen LogP contribution is 2.25. The summed E-state index contributed by atoms with van der Waals surface area (Å²) in [5.74, 6) is -0.548. The fraction of sp³-hybridized carbons (Fsp3) is 0.190. The van der Waals surface area contributed by atoms with Crippen LogP contribution in [0.2, 0.25) is 5.02 Å². The van der Waals surface area contributed by atoms with Crippen molar-refractivity contribution in [3.8, 4) is 5.69 Å². The molecule has 0 saturated heterocycles. The van der Waals surface area contributed by atoms with Crippen LogP contribution in [0.15, 0.2) is 44.6 Å². The molecule has 0 spiro atoms. The molecular weight excluding hydrogens is 458 g/mol. The summed E-state index contributed by atoms with van der Waals surface area (Å²) in [6.07, 6.45) is 1.48. The van der Waals surface area contributed by atoms with Crippen molar-refractivity contribution in [1.29, 1.82) is 0 Å². The zero-order chi connectivity index (χ0) is 21.3. The molecule has 0 aliphatic heterocycles. The SMILES string of the molecule is COC(=O)c1cc(N=Cc2c(C)[nH]n(-c3ccc(Br)c(C)c3C)c2=O)ccc1Cl. The number of hydrogen-bond acceptors (Lipinski definition) is 4. The molecular formula is C21H19BrClN3O3. The molecule has 0 amide bonds. The van der Waals surface area contributed by atoms with Crippen molar-refractivity contribution in [2.45, 2.75) is 20.8 Å². The molecule has 0 atom stereocenters. The Morgan fingerprint density at radius 1 is 1.21 bits per heavy atom. The third kappa shape index (κ3) is 4.06. The molecule has 1 aromatic heterocycles. The van der Waals surface area contributed by atoms with E-state index in [9.17, 15) is 9.59 Å². The maximum atomic E-state index is 13.0. The van der Waals surface area contributed by atoms with Gasteiger partial charge in [0.25, 0.3) is 5.56 Å². The normalized spacial score (nSPS) is 11.2. The fourth-order valence-corrected chi connectivity index (χ4v) is 3.52. The number of aliphatic imine (C=N–C) groups is 1. The van der Waals surface area contributed by atoms with Crippen molar-refractivity contribution in [2.24, 2.45) is 4.99 Å². The number of halogens is 2. The molecule has 2 aromatic carbocycles. The monoisotopic (exact) mass is 475 g/mol. The van der Waals surface area contributed by atoms with Crippen molar-refractivity contribution >= 4 is 45.4 Å². The second-order valence-electron chi connectivity index (χ2n) is 6.52. The Labute approximate surface area is 181 Å². The van der Waals surface area contributed by atoms with Crippen LogP contribution in [-0.2, 0) is 4.74 Å². The second kappa shape index (κ2) is 8.39. The van der Waals surface area contributed by atoms with Gasteiger partial charge in [-0.1, -0.05) is 27.5 Å². The van der Waals surface area contributed by atoms with Gasteiger partial charge < -0.3 is 4.74 Å². The number of nitrogens with zero attached hydrogens (tertiary/aromatic N) is 2. The minimum absolute atomic E-state index is 0.210. The highest BCUT2D eigenvalue weighted by Gasteiger charge is 2.15. The first-order chi connectivity index (χ1) is 13.7. The molecule has 0 radical (unpaired) electrons. The van der Waals surface area contributed by atoms with Crippen LogP contribution in [0.25, 0.3) is 5.69 Å². The lowest BCUT2D eigenvalue weighted by Gasteiger charge is -2.10. The molecule has 3 aromatic rings. The van der Waals surface area contributed by atoms with Crippen LogP contribution >= 0.6 is 27.5 Å². The Balaban J connectivity index is 2.02. The maximum Gasteiger partial charge on any atom is 0.339 e. The summed E-state index contributed by atoms with van der Waals surface area (Å²) in [7, 11) is 1.28. The van der Waals surface area contributed by atoms with Gasteiger partial charge in [-0.15, -0.1) is 0 Å². The quantitative estimate of drug-likeness (QED) is 0.423. The Morgan fingerprint density at radius 2 is 1.93 bits per heavy atom. The van der Waals surface area contributed by atoms with Crippen molar-refractivity contribution in [3.05, 3.63) is 78.1 Å². The molecule has 150 valence electrons. The highest BCUT2D eigenvalue weighted by molar-refractivity contribution is 9.10. The number of esters is 1. The zero-order valence-electron chi connectivity index (χ0n) is 16.3. The number of nitrogens with one attached hydrogen (secondary N) is 1. The average Bonchev–Trinajstić information content (AvgIpc) is 2.98. The first kappa shape index (κ1) is 21.1. The number of rotatable bonds is 4. The van der Waals surface area contributed by atoms with E-state index in [-0.39, 0.29) is 16.1 Å². The van der Waals surface area contributed by atoms with Gasteiger partial charge >= 0.3 is 5.97 Å². The summed E-state index contributed by atoms with van der Waals surface area (Å²) in [5.41, 5.74) is 4.43. The van der Waals surface area contributed by atoms with Crippen molar-refractivity contribution in [3.63, 3.8) is 0 Å². The van der Waals surface area contributed by atoms with E-state index in [1.54, 1.807) is 12.1 Å². The molecule has 0 bridgehead atoms. The van der Waals surface area contributed by atoms with E-state index in [0.29, 0.717) is 16.9 Å². The predicted octanol–water partition coefficient (Wildman–Crippen LogP) is 5.04. The van der Waals surface area contributed by atoms with Gasteiger partial charge in [-0.3, -0.25) is 14.9 Å². The smallest absolute Gasteiger partial charge is 0.339 e. The summed E-state index contributed by atoms with van der Waals surface area (Å²) in [6.45, 7) is 5.77. The minimum atomic E-state index is -0.548. The Kier molecular flexibility index (Phi) is 6.10. The molecule has 0 unspecified atom stereocenters. The van der Waals surface area contributed by atoms with Gasteiger partial charge in [-0.05, 0) is 62.2 Å². The lowest BCUT2D eigenvalue weighted by atomic mass is 10.1. The fourth-order valence-electron chi connectivity index (χ4n) is 2.90. The molecule has 29 heavy (non-hydrogen) atoms. The van der Waals surface area contributed by atoms with E-state index in [1.165, 1.54) is 24.1 Å². The van der Waals surface area contributed by atoms with Crippen molar-refractivity contribution < 1.29 is 9.53 Å². The van der Waals surface area contributed by atoms with Crippen LogP contribution in [-0.4, -0.2) is 29.1 Å². The van der Waals surface area contributed by atoms with Crippen molar-refractivity contribution in [2.75, 3.05) is 7.11 Å². The van der Waals surface area contributed by atoms with E-state index in [4.69, 9.17) is 16.3 Å². The van der Waals surface area contributed by atoms with Gasteiger partial charge in [0.1, 0.15) is 0 Å². The first-order valence-electron chi connectivity index (χ1n) is 8.74. The summed E-state index contributed by atoms with van der Waals surface area (Å²) < 4.78 is 7.21. The van der Waals surface area contributed by atoms with Crippen LogP contribution in [0.4, 0.5) is 5.69 Å². The van der Waals surface area contributed by atoms with E-state index in [0.717, 1.165) is 21.3 Å². The molecule has 3 rings (SSSR count). The number of hydrogen-bond donors (Lipinski definition) is 1. The maximum absolute atomic E-state index is 13.0. The summed E-state index contributed by atoms with van der Waals surface area (Å²) in [6, 6.07) is 8.54. The number of aromatic nitrogens is 2. The standard InChI is InChI=1S/C21H19BrClN3O3/c1-11-12(2)19(8-6-17(11)22)26-20(27)16(13(3)25-26)10-24-14-5-7-18(23)15(9-14)21(28)29-4/h5-10,25H,1-4H3. The number of carbonyl (C=O) groups is 1. The molecule has 1 N–H and O–H groups in total. The van der Waals surface area contributed by atoms with Gasteiger partial charge in [-0.25, -0.2) is 9.48 Å². The first-order valence-corrected chi connectivity index (χ1v) is 9.91. The van der Waals surface area contributed by atoms with Gasteiger partial charge in [0.15, 0.2) is 0 Å². The van der Waals surface area contributed by atoms with Crippen LogP contribution in [0.3, 0.4) is 0 Å². The topological polar surface area (TPSA) is 76.4 Å². The number of aromatic amines is 1. The zero-order valence-corrected chi connectivity index (χ0v) is 18.7. The molecule has 0 aliphatic carbocycles. The van der Waals surface area contributed by atoms with Crippen LogP contribution in [0.5, 0.6) is 0 Å². The summed E-state index contributed by atoms with van der Waals surface area (Å²) >= 11 is 9.54. The second-order valence-corrected chi connectivity index (χ2v) is 7.78. The lowest BCUT2D eigenvalue weighted by molar-refractivity contribution is 0.0601. The molecule has 1 heterocycles. The molecule has 6 nitrogen and oxygen atoms in total. The number of carbonyl (C=O) groups excluding carboxylic acids is 1. The Hall–Kier alpha value is -2.64. The third-order valence-electron chi connectivity index (χ3n) is 4.75. The molecule has 8 heteroatoms. The summed E-state index contributed by atoms with van der Waals surface area (Å²) in [4.78, 5) is 29.1. The Morgan fingerprint density at radius 3 is 2.62 bits per heavy atom. The van der Waals surface area contributed by atoms with E-state index < -0.39 is 5.97 Å². The van der Waals surface area contributed by atoms with Gasteiger partial charge in [-0.2, -0.15) is 0 Å². The Bertz CT molecular complexity index is 1190. The summed E-state index contributed by atoms with van der Waals surface area (Å²) in [5, 5.41) is 3.38. The number of aryl methyl sites for hydroxylation is 1.